The second-order valence-electron chi connectivity index (χ2n) is 20.4. The smallest absolute Gasteiger partial charge is 0.410 e. The average Bonchev–Trinajstić information content (AvgIpc) is 3.68. The van der Waals surface area contributed by atoms with Crippen molar-refractivity contribution in [2.45, 2.75) is 157 Å². The fraction of sp³-hybridized carbons (Fsp3) is 0.952. The SMILES string of the molecule is CC(C)C(=O)N1CCOC(OC2CCC34CC35CCC3(C)[C@@H]6C(OC([C@H](OC(=O)N7CCC7)C(C)C)C[C@H]6C)[C@H](O)[C@@]3(C)C5CC[C@H]4C2(C)C)C1. The molecule has 2 spiro atoms. The topological polar surface area (TPSA) is 97.8 Å². The molecule has 9 nitrogen and oxygen atoms in total. The van der Waals surface area contributed by atoms with Crippen LogP contribution in [0.3, 0.4) is 0 Å². The summed E-state index contributed by atoms with van der Waals surface area (Å²) in [6.45, 7) is 23.6. The zero-order chi connectivity index (χ0) is 36.5. The van der Waals surface area contributed by atoms with Gasteiger partial charge in [-0.3, -0.25) is 4.79 Å². The molecular weight excluding hydrogens is 644 g/mol. The molecule has 14 atom stereocenters. The first-order valence-electron chi connectivity index (χ1n) is 20.9. The quantitative estimate of drug-likeness (QED) is 0.320. The van der Waals surface area contributed by atoms with Gasteiger partial charge in [0.05, 0.1) is 37.6 Å². The Morgan fingerprint density at radius 2 is 1.61 bits per heavy atom. The first-order chi connectivity index (χ1) is 24.0. The molecule has 3 heterocycles. The molecule has 0 aromatic heterocycles. The van der Waals surface area contributed by atoms with Crippen molar-refractivity contribution >= 4 is 12.0 Å². The van der Waals surface area contributed by atoms with Crippen LogP contribution in [0, 0.1) is 62.6 Å². The highest BCUT2D eigenvalue weighted by atomic mass is 16.7. The fourth-order valence-corrected chi connectivity index (χ4v) is 14.5. The van der Waals surface area contributed by atoms with Gasteiger partial charge in [-0.1, -0.05) is 62.3 Å². The largest absolute Gasteiger partial charge is 0.443 e. The number of amides is 2. The Kier molecular flexibility index (Phi) is 8.81. The minimum Gasteiger partial charge on any atom is -0.443 e. The molecular formula is C42H68N2O7. The number of hydrogen-bond donors (Lipinski definition) is 1. The number of likely N-dealkylation sites (tertiary alicyclic amines) is 1. The molecule has 2 amide bonds. The van der Waals surface area contributed by atoms with Gasteiger partial charge in [-0.05, 0) is 109 Å². The number of rotatable bonds is 6. The van der Waals surface area contributed by atoms with Gasteiger partial charge in [0.15, 0.2) is 6.29 Å². The lowest BCUT2D eigenvalue weighted by Gasteiger charge is -2.64. The second-order valence-corrected chi connectivity index (χ2v) is 20.4. The predicted octanol–water partition coefficient (Wildman–Crippen LogP) is 6.89. The van der Waals surface area contributed by atoms with E-state index in [-0.39, 0.29) is 82.1 Å². The summed E-state index contributed by atoms with van der Waals surface area (Å²) in [6, 6.07) is 0. The van der Waals surface area contributed by atoms with Crippen molar-refractivity contribution < 1.29 is 33.6 Å². The number of aliphatic hydroxyl groups is 1. The maximum absolute atomic E-state index is 13.0. The molecule has 9 heteroatoms. The number of morpholine rings is 1. The van der Waals surface area contributed by atoms with Gasteiger partial charge in [-0.25, -0.2) is 4.79 Å². The van der Waals surface area contributed by atoms with Gasteiger partial charge in [-0.15, -0.1) is 0 Å². The van der Waals surface area contributed by atoms with E-state index in [0.717, 1.165) is 51.6 Å². The lowest BCUT2D eigenvalue weighted by molar-refractivity contribution is -0.248. The number of carbonyl (C=O) groups is 2. The molecule has 51 heavy (non-hydrogen) atoms. The third-order valence-corrected chi connectivity index (χ3v) is 17.3. The molecule has 288 valence electrons. The minimum atomic E-state index is -0.541. The maximum Gasteiger partial charge on any atom is 0.410 e. The standard InChI is InChI=1S/C42H68N2O7/c1-24(2)33(51-37(47)43-17-10-18-43)27-21-26(5)32-34(49-27)35(45)40(9)29-12-11-28-38(6,7)30(50-31-22-44(19-20-48-31)36(46)25(3)4)13-14-41(28)23-42(29,41)16-15-39(32,40)8/h24-35,45H,10-23H2,1-9H3/t26-,27?,28+,29?,30?,31?,32+,33-,34?,35+,39?,40-,41?,42?/m1/s1. The summed E-state index contributed by atoms with van der Waals surface area (Å²) in [7, 11) is 0. The van der Waals surface area contributed by atoms with Crippen molar-refractivity contribution in [2.24, 2.45) is 62.6 Å². The fourth-order valence-electron chi connectivity index (χ4n) is 14.5. The van der Waals surface area contributed by atoms with Crippen LogP contribution in [0.4, 0.5) is 4.79 Å². The summed E-state index contributed by atoms with van der Waals surface area (Å²) >= 11 is 0. The molecule has 5 aliphatic carbocycles. The number of fused-ring (bicyclic) bond motifs is 4. The molecule has 8 aliphatic rings. The van der Waals surface area contributed by atoms with Crippen molar-refractivity contribution in [3.8, 4) is 0 Å². The normalized spacial score (nSPS) is 48.8. The van der Waals surface area contributed by atoms with Crippen LogP contribution >= 0.6 is 0 Å². The van der Waals surface area contributed by atoms with Crippen LogP contribution in [0.15, 0.2) is 0 Å². The third kappa shape index (κ3) is 5.04. The summed E-state index contributed by atoms with van der Waals surface area (Å²) in [4.78, 5) is 29.5. The number of carbonyl (C=O) groups excluding carboxylic acids is 2. The summed E-state index contributed by atoms with van der Waals surface area (Å²) in [5.41, 5.74) is 0.308. The van der Waals surface area contributed by atoms with Crippen molar-refractivity contribution in [1.29, 1.82) is 0 Å². The van der Waals surface area contributed by atoms with Crippen LogP contribution < -0.4 is 0 Å². The van der Waals surface area contributed by atoms with Crippen LogP contribution in [0.5, 0.6) is 0 Å². The van der Waals surface area contributed by atoms with Crippen LogP contribution in [-0.2, 0) is 23.7 Å². The van der Waals surface area contributed by atoms with E-state index in [0.29, 0.717) is 42.9 Å². The molecule has 0 bridgehead atoms. The summed E-state index contributed by atoms with van der Waals surface area (Å²) < 4.78 is 26.2. The van der Waals surface area contributed by atoms with Crippen LogP contribution in [0.25, 0.3) is 0 Å². The van der Waals surface area contributed by atoms with Gasteiger partial charge in [0.2, 0.25) is 5.91 Å². The summed E-state index contributed by atoms with van der Waals surface area (Å²) in [6.07, 6.45) is 8.28. The van der Waals surface area contributed by atoms with Crippen LogP contribution in [-0.4, -0.2) is 96.5 Å². The highest BCUT2D eigenvalue weighted by Crippen LogP contribution is 2.89. The monoisotopic (exact) mass is 713 g/mol. The highest BCUT2D eigenvalue weighted by molar-refractivity contribution is 5.78. The van der Waals surface area contributed by atoms with Crippen LogP contribution in [0.1, 0.15) is 120 Å². The lowest BCUT2D eigenvalue weighted by atomic mass is 9.41. The highest BCUT2D eigenvalue weighted by Gasteiger charge is 2.84. The van der Waals surface area contributed by atoms with E-state index >= 15 is 0 Å². The molecule has 1 N–H and O–H groups in total. The van der Waals surface area contributed by atoms with Crippen molar-refractivity contribution in [2.75, 3.05) is 32.8 Å². The van der Waals surface area contributed by atoms with Crippen molar-refractivity contribution in [3.63, 3.8) is 0 Å². The van der Waals surface area contributed by atoms with E-state index in [1.165, 1.54) is 19.3 Å². The number of aliphatic hydroxyl groups excluding tert-OH is 1. The summed E-state index contributed by atoms with van der Waals surface area (Å²) in [5.74, 6) is 1.98. The molecule has 8 fully saturated rings. The summed E-state index contributed by atoms with van der Waals surface area (Å²) in [5, 5.41) is 12.7. The molecule has 0 aromatic carbocycles. The van der Waals surface area contributed by atoms with Crippen molar-refractivity contribution in [1.82, 2.24) is 9.80 Å². The average molecular weight is 713 g/mol. The molecule has 3 saturated heterocycles. The molecule has 8 unspecified atom stereocenters. The minimum absolute atomic E-state index is 0.00541. The molecule has 3 aliphatic heterocycles. The van der Waals surface area contributed by atoms with Gasteiger partial charge in [0, 0.05) is 31.0 Å². The third-order valence-electron chi connectivity index (χ3n) is 17.3. The first kappa shape index (κ1) is 36.6. The Morgan fingerprint density at radius 3 is 2.27 bits per heavy atom. The van der Waals surface area contributed by atoms with Gasteiger partial charge >= 0.3 is 6.09 Å². The van der Waals surface area contributed by atoms with Gasteiger partial charge in [0.25, 0.3) is 0 Å². The number of nitrogens with zero attached hydrogens (tertiary/aromatic N) is 2. The molecule has 0 aromatic rings. The van der Waals surface area contributed by atoms with E-state index in [2.05, 4.69) is 48.5 Å². The number of ether oxygens (including phenoxy) is 4. The first-order valence-corrected chi connectivity index (χ1v) is 20.9. The van der Waals surface area contributed by atoms with E-state index < -0.39 is 6.10 Å². The Bertz CT molecular complexity index is 1380. The van der Waals surface area contributed by atoms with E-state index in [1.54, 1.807) is 4.90 Å². The van der Waals surface area contributed by atoms with E-state index in [4.69, 9.17) is 18.9 Å². The lowest BCUT2D eigenvalue weighted by Crippen LogP contribution is -2.60. The van der Waals surface area contributed by atoms with E-state index in [9.17, 15) is 14.7 Å². The second kappa shape index (κ2) is 12.3. The molecule has 8 rings (SSSR count). The van der Waals surface area contributed by atoms with Crippen molar-refractivity contribution in [3.05, 3.63) is 0 Å². The predicted molar refractivity (Wildman–Crippen MR) is 193 cm³/mol. The van der Waals surface area contributed by atoms with Crippen LogP contribution in [0.2, 0.25) is 0 Å². The Labute approximate surface area is 307 Å². The zero-order valence-corrected chi connectivity index (χ0v) is 33.1. The molecule has 0 radical (unpaired) electrons. The van der Waals surface area contributed by atoms with Gasteiger partial charge in [0.1, 0.15) is 6.10 Å². The van der Waals surface area contributed by atoms with Gasteiger partial charge in [-0.2, -0.15) is 0 Å². The number of hydrogen-bond acceptors (Lipinski definition) is 7. The zero-order valence-electron chi connectivity index (χ0n) is 33.1. The van der Waals surface area contributed by atoms with Gasteiger partial charge < -0.3 is 33.9 Å². The Hall–Kier alpha value is -1.42. The molecule has 5 saturated carbocycles. The Morgan fingerprint density at radius 1 is 0.902 bits per heavy atom. The maximum atomic E-state index is 13.0. The Balaban J connectivity index is 1.01. The van der Waals surface area contributed by atoms with E-state index in [1.807, 2.05) is 18.7 Å².